The number of anilines is 2. The molecule has 0 bridgehead atoms. The summed E-state index contributed by atoms with van der Waals surface area (Å²) in [5.74, 6) is 1.81. The minimum absolute atomic E-state index is 0.323. The van der Waals surface area contributed by atoms with Gasteiger partial charge in [0.1, 0.15) is 0 Å². The van der Waals surface area contributed by atoms with E-state index in [4.69, 9.17) is 5.73 Å². The van der Waals surface area contributed by atoms with Gasteiger partial charge in [-0.05, 0) is 25.0 Å². The lowest BCUT2D eigenvalue weighted by Crippen LogP contribution is -2.31. The molecule has 126 valence electrons. The lowest BCUT2D eigenvalue weighted by molar-refractivity contribution is 0.620. The summed E-state index contributed by atoms with van der Waals surface area (Å²) in [5.41, 5.74) is 8.74. The summed E-state index contributed by atoms with van der Waals surface area (Å²) in [6.45, 7) is 2.04. The topological polar surface area (TPSA) is 97.3 Å². The van der Waals surface area contributed by atoms with Crippen LogP contribution < -0.4 is 16.0 Å². The molecule has 8 nitrogen and oxygen atoms in total. The van der Waals surface area contributed by atoms with Gasteiger partial charge in [0.15, 0.2) is 12.1 Å². The molecule has 1 aromatic carbocycles. The SMILES string of the molecule is NC1=N[C@H](c2cnc(N3CCCC3)nc2)n2c(nc3ccccc32)N1. The minimum Gasteiger partial charge on any atom is -0.370 e. The van der Waals surface area contributed by atoms with Crippen molar-refractivity contribution in [2.24, 2.45) is 10.7 Å². The molecule has 0 unspecified atom stereocenters. The highest BCUT2D eigenvalue weighted by Gasteiger charge is 2.26. The van der Waals surface area contributed by atoms with Gasteiger partial charge in [-0.25, -0.2) is 19.9 Å². The van der Waals surface area contributed by atoms with Crippen molar-refractivity contribution in [1.82, 2.24) is 19.5 Å². The molecular formula is C17H18N8. The van der Waals surface area contributed by atoms with E-state index < -0.39 is 0 Å². The van der Waals surface area contributed by atoms with E-state index >= 15 is 0 Å². The number of imidazole rings is 1. The van der Waals surface area contributed by atoms with Crippen molar-refractivity contribution in [2.45, 2.75) is 19.0 Å². The molecule has 5 rings (SSSR count). The molecule has 2 aromatic heterocycles. The number of aromatic nitrogens is 4. The first-order valence-corrected chi connectivity index (χ1v) is 8.44. The fourth-order valence-electron chi connectivity index (χ4n) is 3.49. The molecule has 3 aromatic rings. The Morgan fingerprint density at radius 2 is 1.84 bits per heavy atom. The molecule has 25 heavy (non-hydrogen) atoms. The van der Waals surface area contributed by atoms with Gasteiger partial charge in [-0.15, -0.1) is 0 Å². The Labute approximate surface area is 144 Å². The molecule has 0 spiro atoms. The highest BCUT2D eigenvalue weighted by molar-refractivity contribution is 5.94. The van der Waals surface area contributed by atoms with E-state index in [2.05, 4.69) is 30.2 Å². The van der Waals surface area contributed by atoms with E-state index in [1.165, 1.54) is 12.8 Å². The Morgan fingerprint density at radius 3 is 2.64 bits per heavy atom. The molecular weight excluding hydrogens is 316 g/mol. The van der Waals surface area contributed by atoms with Gasteiger partial charge in [-0.1, -0.05) is 12.1 Å². The van der Waals surface area contributed by atoms with E-state index in [0.29, 0.717) is 11.9 Å². The van der Waals surface area contributed by atoms with Crippen LogP contribution in [-0.4, -0.2) is 38.6 Å². The third-order valence-electron chi connectivity index (χ3n) is 4.69. The first-order chi connectivity index (χ1) is 12.3. The zero-order valence-electron chi connectivity index (χ0n) is 13.6. The molecule has 1 saturated heterocycles. The average molecular weight is 334 g/mol. The molecule has 2 aliphatic rings. The maximum Gasteiger partial charge on any atom is 0.225 e. The lowest BCUT2D eigenvalue weighted by atomic mass is 10.2. The van der Waals surface area contributed by atoms with Crippen LogP contribution in [0.2, 0.25) is 0 Å². The van der Waals surface area contributed by atoms with Crippen LogP contribution in [0.3, 0.4) is 0 Å². The van der Waals surface area contributed by atoms with Crippen molar-refractivity contribution in [1.29, 1.82) is 0 Å². The first kappa shape index (κ1) is 14.2. The van der Waals surface area contributed by atoms with Crippen molar-refractivity contribution in [3.05, 3.63) is 42.2 Å². The molecule has 0 amide bonds. The molecule has 4 heterocycles. The van der Waals surface area contributed by atoms with Gasteiger partial charge in [0.25, 0.3) is 0 Å². The van der Waals surface area contributed by atoms with E-state index in [-0.39, 0.29) is 6.17 Å². The zero-order chi connectivity index (χ0) is 16.8. The Kier molecular flexibility index (Phi) is 3.09. The van der Waals surface area contributed by atoms with Crippen molar-refractivity contribution in [3.8, 4) is 0 Å². The summed E-state index contributed by atoms with van der Waals surface area (Å²) >= 11 is 0. The van der Waals surface area contributed by atoms with Gasteiger partial charge in [0.05, 0.1) is 11.0 Å². The van der Waals surface area contributed by atoms with Gasteiger partial charge >= 0.3 is 0 Å². The number of aliphatic imine (C=N–C) groups is 1. The summed E-state index contributed by atoms with van der Waals surface area (Å²) in [4.78, 5) is 20.5. The Balaban J connectivity index is 1.58. The Bertz CT molecular complexity index is 952. The molecule has 2 aliphatic heterocycles. The van der Waals surface area contributed by atoms with Crippen molar-refractivity contribution >= 4 is 28.9 Å². The number of hydrogen-bond donors (Lipinski definition) is 2. The summed E-state index contributed by atoms with van der Waals surface area (Å²) in [7, 11) is 0. The fourth-order valence-corrected chi connectivity index (χ4v) is 3.49. The number of fused-ring (bicyclic) bond motifs is 3. The first-order valence-electron chi connectivity index (χ1n) is 8.44. The number of rotatable bonds is 2. The molecule has 0 saturated carbocycles. The van der Waals surface area contributed by atoms with Crippen LogP contribution in [0.4, 0.5) is 11.9 Å². The fraction of sp³-hybridized carbons (Fsp3) is 0.294. The Morgan fingerprint density at radius 1 is 1.08 bits per heavy atom. The summed E-state index contributed by atoms with van der Waals surface area (Å²) in [5, 5.41) is 3.04. The second-order valence-electron chi connectivity index (χ2n) is 6.32. The number of para-hydroxylation sites is 2. The van der Waals surface area contributed by atoms with Crippen LogP contribution in [0, 0.1) is 0 Å². The van der Waals surface area contributed by atoms with Gasteiger partial charge in [-0.2, -0.15) is 0 Å². The summed E-state index contributed by atoms with van der Waals surface area (Å²) in [6.07, 6.45) is 5.75. The predicted molar refractivity (Wildman–Crippen MR) is 96.6 cm³/mol. The summed E-state index contributed by atoms with van der Waals surface area (Å²) < 4.78 is 2.03. The van der Waals surface area contributed by atoms with E-state index in [1.54, 1.807) is 0 Å². The van der Waals surface area contributed by atoms with Crippen molar-refractivity contribution < 1.29 is 0 Å². The zero-order valence-corrected chi connectivity index (χ0v) is 13.6. The van der Waals surface area contributed by atoms with Crippen molar-refractivity contribution in [2.75, 3.05) is 23.3 Å². The van der Waals surface area contributed by atoms with Crippen LogP contribution in [0.15, 0.2) is 41.7 Å². The number of nitrogens with zero attached hydrogens (tertiary/aromatic N) is 6. The number of nitrogens with one attached hydrogen (secondary N) is 1. The van der Waals surface area contributed by atoms with Crippen LogP contribution in [0.25, 0.3) is 11.0 Å². The monoisotopic (exact) mass is 334 g/mol. The molecule has 0 radical (unpaired) electrons. The van der Waals surface area contributed by atoms with E-state index in [9.17, 15) is 0 Å². The number of guanidine groups is 1. The van der Waals surface area contributed by atoms with E-state index in [1.807, 2.05) is 41.2 Å². The van der Waals surface area contributed by atoms with Crippen LogP contribution in [-0.2, 0) is 0 Å². The number of hydrogen-bond acceptors (Lipinski definition) is 7. The lowest BCUT2D eigenvalue weighted by Gasteiger charge is -2.23. The van der Waals surface area contributed by atoms with E-state index in [0.717, 1.165) is 35.6 Å². The van der Waals surface area contributed by atoms with Gasteiger partial charge in [-0.3, -0.25) is 9.88 Å². The third-order valence-corrected chi connectivity index (χ3v) is 4.69. The molecule has 8 heteroatoms. The van der Waals surface area contributed by atoms with Crippen LogP contribution in [0.5, 0.6) is 0 Å². The smallest absolute Gasteiger partial charge is 0.225 e. The maximum atomic E-state index is 5.97. The second kappa shape index (κ2) is 5.44. The largest absolute Gasteiger partial charge is 0.370 e. The molecule has 1 fully saturated rings. The quantitative estimate of drug-likeness (QED) is 0.740. The molecule has 3 N–H and O–H groups in total. The molecule has 0 aliphatic carbocycles. The maximum absolute atomic E-state index is 5.97. The van der Waals surface area contributed by atoms with Gasteiger partial charge in [0, 0.05) is 31.0 Å². The Hall–Kier alpha value is -3.16. The molecule has 1 atom stereocenters. The van der Waals surface area contributed by atoms with Crippen LogP contribution >= 0.6 is 0 Å². The van der Waals surface area contributed by atoms with Crippen LogP contribution in [0.1, 0.15) is 24.6 Å². The minimum atomic E-state index is -0.323. The third kappa shape index (κ3) is 2.29. The van der Waals surface area contributed by atoms with Crippen molar-refractivity contribution in [3.63, 3.8) is 0 Å². The van der Waals surface area contributed by atoms with Gasteiger partial charge < -0.3 is 10.6 Å². The normalized spacial score (nSPS) is 19.6. The number of benzene rings is 1. The van der Waals surface area contributed by atoms with Gasteiger partial charge in [0.2, 0.25) is 11.9 Å². The highest BCUT2D eigenvalue weighted by Crippen LogP contribution is 2.32. The predicted octanol–water partition coefficient (Wildman–Crippen LogP) is 1.71. The second-order valence-corrected chi connectivity index (χ2v) is 6.32. The summed E-state index contributed by atoms with van der Waals surface area (Å²) in [6, 6.07) is 7.96. The highest BCUT2D eigenvalue weighted by atomic mass is 15.4. The average Bonchev–Trinajstić information content (AvgIpc) is 3.28. The number of nitrogens with two attached hydrogens (primary N) is 1. The standard InChI is InChI=1S/C17H18N8/c18-15-22-14(11-9-19-16(20-10-11)24-7-3-4-8-24)25-13-6-2-1-5-12(13)21-17(25)23-15/h1-2,5-6,9-10,14H,3-4,7-8H2,(H3,18,21,22,23)/t14-/m0/s1.